The SMILES string of the molecule is CCCOc1ccc2cc(C(=O)N(CC)CC)c(=O)oc2c1. The molecule has 1 heterocycles. The largest absolute Gasteiger partial charge is 0.493 e. The molecular weight excluding hydrogens is 282 g/mol. The fourth-order valence-corrected chi connectivity index (χ4v) is 2.23. The van der Waals surface area contributed by atoms with Crippen molar-refractivity contribution >= 4 is 16.9 Å². The van der Waals surface area contributed by atoms with E-state index < -0.39 is 5.63 Å². The monoisotopic (exact) mass is 303 g/mol. The molecule has 0 radical (unpaired) electrons. The summed E-state index contributed by atoms with van der Waals surface area (Å²) in [5.41, 5.74) is -0.120. The lowest BCUT2D eigenvalue weighted by Crippen LogP contribution is -2.33. The minimum absolute atomic E-state index is 0.0680. The van der Waals surface area contributed by atoms with Gasteiger partial charge in [0.05, 0.1) is 6.61 Å². The maximum Gasteiger partial charge on any atom is 0.349 e. The summed E-state index contributed by atoms with van der Waals surface area (Å²) in [7, 11) is 0. The van der Waals surface area contributed by atoms with Crippen LogP contribution in [0.5, 0.6) is 5.75 Å². The lowest BCUT2D eigenvalue weighted by atomic mass is 10.1. The number of ether oxygens (including phenoxy) is 1. The van der Waals surface area contributed by atoms with Crippen LogP contribution in [0.3, 0.4) is 0 Å². The van der Waals surface area contributed by atoms with Crippen molar-refractivity contribution < 1.29 is 13.9 Å². The van der Waals surface area contributed by atoms with Crippen LogP contribution in [0.2, 0.25) is 0 Å². The summed E-state index contributed by atoms with van der Waals surface area (Å²) in [5, 5.41) is 0.707. The lowest BCUT2D eigenvalue weighted by molar-refractivity contribution is 0.0769. The zero-order chi connectivity index (χ0) is 16.1. The summed E-state index contributed by atoms with van der Waals surface area (Å²) in [4.78, 5) is 26.0. The summed E-state index contributed by atoms with van der Waals surface area (Å²) in [6.07, 6.45) is 0.902. The molecule has 0 aliphatic heterocycles. The Kier molecular flexibility index (Phi) is 5.20. The number of nitrogens with zero attached hydrogens (tertiary/aromatic N) is 1. The van der Waals surface area contributed by atoms with E-state index in [9.17, 15) is 9.59 Å². The van der Waals surface area contributed by atoms with E-state index in [1.165, 1.54) is 0 Å². The minimum atomic E-state index is -0.614. The van der Waals surface area contributed by atoms with Crippen LogP contribution in [-0.4, -0.2) is 30.5 Å². The smallest absolute Gasteiger partial charge is 0.349 e. The van der Waals surface area contributed by atoms with Crippen molar-refractivity contribution in [2.45, 2.75) is 27.2 Å². The summed E-state index contributed by atoms with van der Waals surface area (Å²) >= 11 is 0. The van der Waals surface area contributed by atoms with E-state index in [4.69, 9.17) is 9.15 Å². The normalized spacial score (nSPS) is 10.7. The van der Waals surface area contributed by atoms with Crippen LogP contribution in [0.1, 0.15) is 37.6 Å². The van der Waals surface area contributed by atoms with E-state index in [0.717, 1.165) is 6.42 Å². The molecule has 1 amide bonds. The van der Waals surface area contributed by atoms with Gasteiger partial charge in [-0.3, -0.25) is 4.79 Å². The molecule has 0 saturated heterocycles. The number of benzene rings is 1. The molecular formula is C17H21NO4. The number of amides is 1. The number of carbonyl (C=O) groups excluding carboxylic acids is 1. The van der Waals surface area contributed by atoms with E-state index in [1.807, 2.05) is 26.8 Å². The molecule has 0 unspecified atom stereocenters. The molecule has 0 fully saturated rings. The number of hydrogen-bond donors (Lipinski definition) is 0. The zero-order valence-corrected chi connectivity index (χ0v) is 13.2. The molecule has 0 aliphatic rings. The van der Waals surface area contributed by atoms with Crippen molar-refractivity contribution in [3.63, 3.8) is 0 Å². The van der Waals surface area contributed by atoms with Crippen LogP contribution in [0.25, 0.3) is 11.0 Å². The maximum absolute atomic E-state index is 12.3. The van der Waals surface area contributed by atoms with Crippen molar-refractivity contribution in [2.24, 2.45) is 0 Å². The van der Waals surface area contributed by atoms with E-state index in [2.05, 4.69) is 0 Å². The first-order chi connectivity index (χ1) is 10.6. The van der Waals surface area contributed by atoms with Gasteiger partial charge in [0.1, 0.15) is 16.9 Å². The topological polar surface area (TPSA) is 59.8 Å². The second-order valence-corrected chi connectivity index (χ2v) is 4.97. The zero-order valence-electron chi connectivity index (χ0n) is 13.2. The molecule has 22 heavy (non-hydrogen) atoms. The molecule has 5 heteroatoms. The van der Waals surface area contributed by atoms with Crippen LogP contribution in [0.4, 0.5) is 0 Å². The van der Waals surface area contributed by atoms with Gasteiger partial charge < -0.3 is 14.1 Å². The summed E-state index contributed by atoms with van der Waals surface area (Å²) in [5.74, 6) is 0.354. The third-order valence-electron chi connectivity index (χ3n) is 3.46. The summed E-state index contributed by atoms with van der Waals surface area (Å²) in [6.45, 7) is 7.48. The van der Waals surface area contributed by atoms with E-state index in [1.54, 1.807) is 23.1 Å². The van der Waals surface area contributed by atoms with Crippen LogP contribution < -0.4 is 10.4 Å². The van der Waals surface area contributed by atoms with Crippen LogP contribution in [0.15, 0.2) is 33.5 Å². The standard InChI is InChI=1S/C17H21NO4/c1-4-9-21-13-8-7-12-10-14(16(19)18(5-2)6-3)17(20)22-15(12)11-13/h7-8,10-11H,4-6,9H2,1-3H3. The first-order valence-electron chi connectivity index (χ1n) is 7.60. The quantitative estimate of drug-likeness (QED) is 0.770. The fourth-order valence-electron chi connectivity index (χ4n) is 2.23. The Labute approximate surface area is 129 Å². The van der Waals surface area contributed by atoms with Gasteiger partial charge in [0.15, 0.2) is 0 Å². The highest BCUT2D eigenvalue weighted by atomic mass is 16.5. The highest BCUT2D eigenvalue weighted by molar-refractivity contribution is 5.96. The molecule has 2 rings (SSSR count). The van der Waals surface area contributed by atoms with Gasteiger partial charge in [-0.2, -0.15) is 0 Å². The van der Waals surface area contributed by atoms with Crippen LogP contribution >= 0.6 is 0 Å². The van der Waals surface area contributed by atoms with Gasteiger partial charge in [0.2, 0.25) is 0 Å². The van der Waals surface area contributed by atoms with Crippen molar-refractivity contribution in [3.8, 4) is 5.75 Å². The predicted octanol–water partition coefficient (Wildman–Crippen LogP) is 3.06. The fraction of sp³-hybridized carbons (Fsp3) is 0.412. The van der Waals surface area contributed by atoms with Crippen LogP contribution in [0, 0.1) is 0 Å². The Bertz CT molecular complexity index is 716. The van der Waals surface area contributed by atoms with Crippen molar-refractivity contribution in [1.29, 1.82) is 0 Å². The third-order valence-corrected chi connectivity index (χ3v) is 3.46. The van der Waals surface area contributed by atoms with Gasteiger partial charge in [-0.25, -0.2) is 4.79 Å². The number of carbonyl (C=O) groups is 1. The molecule has 0 aliphatic carbocycles. The van der Waals surface area contributed by atoms with Crippen molar-refractivity contribution in [3.05, 3.63) is 40.2 Å². The van der Waals surface area contributed by atoms with Gasteiger partial charge in [0.25, 0.3) is 5.91 Å². The molecule has 2 aromatic rings. The Morgan fingerprint density at radius 1 is 1.18 bits per heavy atom. The molecule has 0 saturated carbocycles. The third kappa shape index (κ3) is 3.30. The molecule has 118 valence electrons. The Morgan fingerprint density at radius 3 is 2.55 bits per heavy atom. The van der Waals surface area contributed by atoms with Crippen LogP contribution in [-0.2, 0) is 0 Å². The first kappa shape index (κ1) is 16.1. The van der Waals surface area contributed by atoms with Gasteiger partial charge in [-0.05, 0) is 38.5 Å². The highest BCUT2D eigenvalue weighted by Crippen LogP contribution is 2.21. The van der Waals surface area contributed by atoms with Gasteiger partial charge >= 0.3 is 5.63 Å². The summed E-state index contributed by atoms with van der Waals surface area (Å²) < 4.78 is 10.8. The minimum Gasteiger partial charge on any atom is -0.493 e. The second-order valence-electron chi connectivity index (χ2n) is 4.97. The molecule has 5 nitrogen and oxygen atoms in total. The average molecular weight is 303 g/mol. The first-order valence-corrected chi connectivity index (χ1v) is 7.60. The Balaban J connectivity index is 2.41. The molecule has 0 spiro atoms. The van der Waals surface area contributed by atoms with Crippen molar-refractivity contribution in [2.75, 3.05) is 19.7 Å². The molecule has 0 bridgehead atoms. The average Bonchev–Trinajstić information content (AvgIpc) is 2.53. The predicted molar refractivity (Wildman–Crippen MR) is 85.5 cm³/mol. The Morgan fingerprint density at radius 2 is 1.91 bits per heavy atom. The van der Waals surface area contributed by atoms with Gasteiger partial charge in [0, 0.05) is 24.5 Å². The Hall–Kier alpha value is -2.30. The van der Waals surface area contributed by atoms with Gasteiger partial charge in [-0.1, -0.05) is 6.92 Å². The highest BCUT2D eigenvalue weighted by Gasteiger charge is 2.18. The van der Waals surface area contributed by atoms with E-state index >= 15 is 0 Å². The van der Waals surface area contributed by atoms with Crippen molar-refractivity contribution in [1.82, 2.24) is 4.90 Å². The molecule has 0 N–H and O–H groups in total. The molecule has 1 aromatic carbocycles. The van der Waals surface area contributed by atoms with E-state index in [0.29, 0.717) is 36.4 Å². The number of hydrogen-bond acceptors (Lipinski definition) is 4. The van der Waals surface area contributed by atoms with E-state index in [-0.39, 0.29) is 11.5 Å². The van der Waals surface area contributed by atoms with Gasteiger partial charge in [-0.15, -0.1) is 0 Å². The molecule has 1 aromatic heterocycles. The summed E-state index contributed by atoms with van der Waals surface area (Å²) in [6, 6.07) is 6.87. The maximum atomic E-state index is 12.3. The number of fused-ring (bicyclic) bond motifs is 1. The second kappa shape index (κ2) is 7.11. The lowest BCUT2D eigenvalue weighted by Gasteiger charge is -2.17. The molecule has 0 atom stereocenters. The number of rotatable bonds is 6.